The first-order valence-corrected chi connectivity index (χ1v) is 6.66. The lowest BCUT2D eigenvalue weighted by Gasteiger charge is -2.17. The second-order valence-corrected chi connectivity index (χ2v) is 4.63. The number of rotatable bonds is 5. The van der Waals surface area contributed by atoms with Gasteiger partial charge in [-0.1, -0.05) is 37.3 Å². The maximum Gasteiger partial charge on any atom is 0.0584 e. The summed E-state index contributed by atoms with van der Waals surface area (Å²) in [6, 6.07) is 13.2. The summed E-state index contributed by atoms with van der Waals surface area (Å²) in [5.41, 5.74) is 2.71. The van der Waals surface area contributed by atoms with E-state index in [1.807, 2.05) is 0 Å². The Morgan fingerprint density at radius 1 is 1.12 bits per heavy atom. The Balaban J connectivity index is 2.21. The van der Waals surface area contributed by atoms with Crippen molar-refractivity contribution in [1.82, 2.24) is 5.32 Å². The molecule has 1 aromatic carbocycles. The molecule has 0 saturated carbocycles. The van der Waals surface area contributed by atoms with Crippen molar-refractivity contribution in [2.24, 2.45) is 0 Å². The van der Waals surface area contributed by atoms with Crippen LogP contribution in [0.2, 0.25) is 0 Å². The Bertz CT molecular complexity index is 394. The molecule has 0 aliphatic rings. The molecular weight excluding hydrogens is 214 g/mol. The number of hydrogen-bond acceptors (Lipinski definition) is 2. The Morgan fingerprint density at radius 3 is 2.56 bits per heavy atom. The fourth-order valence-corrected chi connectivity index (χ4v) is 2.49. The standard InChI is InChI=1S/C14H17NS/c1-2-9-15-14(13-8-10-16-11-13)12-6-4-3-5-7-12/h3-8,10-11,14-15H,2,9H2,1H3. The molecule has 0 aliphatic carbocycles. The van der Waals surface area contributed by atoms with Gasteiger partial charge in [0.1, 0.15) is 0 Å². The van der Waals surface area contributed by atoms with E-state index in [4.69, 9.17) is 0 Å². The van der Waals surface area contributed by atoms with Crippen LogP contribution in [0.3, 0.4) is 0 Å². The molecule has 0 radical (unpaired) electrons. The molecular formula is C14H17NS. The maximum absolute atomic E-state index is 3.59. The van der Waals surface area contributed by atoms with E-state index in [1.54, 1.807) is 11.3 Å². The van der Waals surface area contributed by atoms with E-state index < -0.39 is 0 Å². The normalized spacial score (nSPS) is 12.6. The minimum atomic E-state index is 0.340. The molecule has 1 nitrogen and oxygen atoms in total. The monoisotopic (exact) mass is 231 g/mol. The molecule has 0 amide bonds. The summed E-state index contributed by atoms with van der Waals surface area (Å²) in [5.74, 6) is 0. The minimum Gasteiger partial charge on any atom is -0.306 e. The molecule has 0 bridgehead atoms. The smallest absolute Gasteiger partial charge is 0.0584 e. The van der Waals surface area contributed by atoms with Gasteiger partial charge < -0.3 is 5.32 Å². The highest BCUT2D eigenvalue weighted by atomic mass is 32.1. The fraction of sp³-hybridized carbons (Fsp3) is 0.286. The van der Waals surface area contributed by atoms with E-state index in [1.165, 1.54) is 11.1 Å². The maximum atomic E-state index is 3.59. The van der Waals surface area contributed by atoms with Crippen LogP contribution >= 0.6 is 11.3 Å². The zero-order valence-electron chi connectivity index (χ0n) is 9.52. The van der Waals surface area contributed by atoms with Crippen molar-refractivity contribution in [3.63, 3.8) is 0 Å². The van der Waals surface area contributed by atoms with Crippen LogP contribution in [0.4, 0.5) is 0 Å². The largest absolute Gasteiger partial charge is 0.306 e. The lowest BCUT2D eigenvalue weighted by Crippen LogP contribution is -2.22. The van der Waals surface area contributed by atoms with Crippen LogP contribution in [0, 0.1) is 0 Å². The summed E-state index contributed by atoms with van der Waals surface area (Å²) in [5, 5.41) is 7.96. The van der Waals surface area contributed by atoms with E-state index in [0.717, 1.165) is 13.0 Å². The summed E-state index contributed by atoms with van der Waals surface area (Å²) in [4.78, 5) is 0. The molecule has 84 valence electrons. The van der Waals surface area contributed by atoms with Gasteiger partial charge in [-0.15, -0.1) is 0 Å². The molecule has 0 saturated heterocycles. The van der Waals surface area contributed by atoms with Crippen LogP contribution in [0.5, 0.6) is 0 Å². The molecule has 1 N–H and O–H groups in total. The van der Waals surface area contributed by atoms with E-state index in [0.29, 0.717) is 6.04 Å². The Kier molecular flexibility index (Phi) is 4.14. The van der Waals surface area contributed by atoms with Gasteiger partial charge in [0.05, 0.1) is 6.04 Å². The summed E-state index contributed by atoms with van der Waals surface area (Å²) >= 11 is 1.76. The van der Waals surface area contributed by atoms with Gasteiger partial charge in [-0.25, -0.2) is 0 Å². The van der Waals surface area contributed by atoms with E-state index in [9.17, 15) is 0 Å². The number of nitrogens with one attached hydrogen (secondary N) is 1. The van der Waals surface area contributed by atoms with Crippen LogP contribution < -0.4 is 5.32 Å². The van der Waals surface area contributed by atoms with Crippen molar-refractivity contribution in [2.45, 2.75) is 19.4 Å². The lowest BCUT2D eigenvalue weighted by molar-refractivity contribution is 0.600. The van der Waals surface area contributed by atoms with Gasteiger partial charge >= 0.3 is 0 Å². The Hall–Kier alpha value is -1.12. The van der Waals surface area contributed by atoms with Crippen molar-refractivity contribution in [3.8, 4) is 0 Å². The summed E-state index contributed by atoms with van der Waals surface area (Å²) in [6.45, 7) is 3.25. The molecule has 0 aliphatic heterocycles. The van der Waals surface area contributed by atoms with E-state index in [-0.39, 0.29) is 0 Å². The fourth-order valence-electron chi connectivity index (χ4n) is 1.80. The van der Waals surface area contributed by atoms with Crippen molar-refractivity contribution in [2.75, 3.05) is 6.54 Å². The zero-order chi connectivity index (χ0) is 11.2. The molecule has 1 aromatic heterocycles. The van der Waals surface area contributed by atoms with E-state index >= 15 is 0 Å². The van der Waals surface area contributed by atoms with Gasteiger partial charge in [0.2, 0.25) is 0 Å². The Labute approximate surface area is 101 Å². The highest BCUT2D eigenvalue weighted by Gasteiger charge is 2.12. The van der Waals surface area contributed by atoms with E-state index in [2.05, 4.69) is 59.4 Å². The van der Waals surface area contributed by atoms with Gasteiger partial charge in [-0.2, -0.15) is 11.3 Å². The molecule has 0 spiro atoms. The SMILES string of the molecule is CCCNC(c1ccccc1)c1ccsc1. The lowest BCUT2D eigenvalue weighted by atomic mass is 10.0. The first-order valence-electron chi connectivity index (χ1n) is 5.72. The minimum absolute atomic E-state index is 0.340. The number of hydrogen-bond donors (Lipinski definition) is 1. The Morgan fingerprint density at radius 2 is 1.94 bits per heavy atom. The van der Waals surface area contributed by atoms with Crippen LogP contribution in [-0.4, -0.2) is 6.54 Å². The van der Waals surface area contributed by atoms with Crippen molar-refractivity contribution < 1.29 is 0 Å². The molecule has 0 fully saturated rings. The average molecular weight is 231 g/mol. The summed E-state index contributed by atoms with van der Waals surface area (Å²) < 4.78 is 0. The number of benzene rings is 1. The molecule has 2 aromatic rings. The highest BCUT2D eigenvalue weighted by molar-refractivity contribution is 7.08. The predicted molar refractivity (Wildman–Crippen MR) is 70.9 cm³/mol. The quantitative estimate of drug-likeness (QED) is 0.824. The van der Waals surface area contributed by atoms with Crippen LogP contribution in [0.25, 0.3) is 0 Å². The summed E-state index contributed by atoms with van der Waals surface area (Å²) in [7, 11) is 0. The predicted octanol–water partition coefficient (Wildman–Crippen LogP) is 3.84. The highest BCUT2D eigenvalue weighted by Crippen LogP contribution is 2.23. The topological polar surface area (TPSA) is 12.0 Å². The van der Waals surface area contributed by atoms with Crippen LogP contribution in [-0.2, 0) is 0 Å². The zero-order valence-corrected chi connectivity index (χ0v) is 10.3. The molecule has 1 heterocycles. The third kappa shape index (κ3) is 2.71. The van der Waals surface area contributed by atoms with Gasteiger partial charge in [-0.05, 0) is 40.9 Å². The van der Waals surface area contributed by atoms with Crippen LogP contribution in [0.1, 0.15) is 30.5 Å². The molecule has 2 heteroatoms. The third-order valence-corrected chi connectivity index (χ3v) is 3.31. The van der Waals surface area contributed by atoms with Crippen molar-refractivity contribution >= 4 is 11.3 Å². The van der Waals surface area contributed by atoms with Gasteiger partial charge in [0.15, 0.2) is 0 Å². The second kappa shape index (κ2) is 5.83. The van der Waals surface area contributed by atoms with Gasteiger partial charge in [0.25, 0.3) is 0 Å². The number of thiophene rings is 1. The molecule has 1 unspecified atom stereocenters. The van der Waals surface area contributed by atoms with Gasteiger partial charge in [-0.3, -0.25) is 0 Å². The third-order valence-electron chi connectivity index (χ3n) is 2.61. The van der Waals surface area contributed by atoms with Gasteiger partial charge in [0, 0.05) is 0 Å². The van der Waals surface area contributed by atoms with Crippen molar-refractivity contribution in [3.05, 3.63) is 58.3 Å². The average Bonchev–Trinajstić information content (AvgIpc) is 2.85. The molecule has 16 heavy (non-hydrogen) atoms. The van der Waals surface area contributed by atoms with Crippen LogP contribution in [0.15, 0.2) is 47.2 Å². The first kappa shape index (κ1) is 11.4. The first-order chi connectivity index (χ1) is 7.92. The molecule has 1 atom stereocenters. The van der Waals surface area contributed by atoms with Crippen molar-refractivity contribution in [1.29, 1.82) is 0 Å². The molecule has 2 rings (SSSR count). The second-order valence-electron chi connectivity index (χ2n) is 3.85. The summed E-state index contributed by atoms with van der Waals surface area (Å²) in [6.07, 6.45) is 1.16.